The van der Waals surface area contributed by atoms with Gasteiger partial charge in [0.25, 0.3) is 5.91 Å². The first-order valence-corrected chi connectivity index (χ1v) is 10.4. The largest absolute Gasteiger partial charge is 0.496 e. The molecule has 2 aromatic rings. The number of halogens is 2. The smallest absolute Gasteiger partial charge is 0.266 e. The van der Waals surface area contributed by atoms with Gasteiger partial charge in [-0.1, -0.05) is 29.3 Å². The molecule has 7 heteroatoms. The highest BCUT2D eigenvalue weighted by molar-refractivity contribution is 6.37. The van der Waals surface area contributed by atoms with E-state index in [1.54, 1.807) is 19.2 Å². The fourth-order valence-corrected chi connectivity index (χ4v) is 4.02. The lowest BCUT2D eigenvalue weighted by Crippen LogP contribution is -2.42. The van der Waals surface area contributed by atoms with Crippen LogP contribution in [0.5, 0.6) is 5.75 Å². The molecule has 5 nitrogen and oxygen atoms in total. The van der Waals surface area contributed by atoms with Crippen LogP contribution in [0.25, 0.3) is 11.6 Å². The van der Waals surface area contributed by atoms with Gasteiger partial charge in [0.05, 0.1) is 23.4 Å². The standard InChI is InChI=1S/C24H23Cl2N3O2/c1-14-12-24(2,3)29(4)21-11-22(31-5)15(9-18(14)21)8-16(13-27)23(30)28-20-7-6-17(25)10-19(20)26/h6-12H,1-5H3,(H,28,30)/b16-8+. The summed E-state index contributed by atoms with van der Waals surface area (Å²) in [5, 5.41) is 13.0. The molecule has 160 valence electrons. The number of rotatable bonds is 4. The lowest BCUT2D eigenvalue weighted by molar-refractivity contribution is -0.112. The van der Waals surface area contributed by atoms with E-state index in [9.17, 15) is 10.1 Å². The summed E-state index contributed by atoms with van der Waals surface area (Å²) in [6.45, 7) is 6.33. The Balaban J connectivity index is 2.02. The molecular weight excluding hydrogens is 433 g/mol. The molecule has 0 saturated heterocycles. The minimum Gasteiger partial charge on any atom is -0.496 e. The Hall–Kier alpha value is -2.94. The molecule has 2 aromatic carbocycles. The van der Waals surface area contributed by atoms with Gasteiger partial charge in [-0.15, -0.1) is 0 Å². The average molecular weight is 456 g/mol. The van der Waals surface area contributed by atoms with Crippen molar-refractivity contribution in [2.45, 2.75) is 26.3 Å². The van der Waals surface area contributed by atoms with E-state index in [2.05, 4.69) is 30.1 Å². The van der Waals surface area contributed by atoms with Crippen molar-refractivity contribution in [2.75, 3.05) is 24.4 Å². The number of carbonyl (C=O) groups is 1. The summed E-state index contributed by atoms with van der Waals surface area (Å²) in [5.74, 6) is -0.00168. The maximum absolute atomic E-state index is 12.7. The summed E-state index contributed by atoms with van der Waals surface area (Å²) >= 11 is 12.0. The van der Waals surface area contributed by atoms with Crippen molar-refractivity contribution in [2.24, 2.45) is 0 Å². The van der Waals surface area contributed by atoms with Gasteiger partial charge in [-0.05, 0) is 56.7 Å². The molecule has 31 heavy (non-hydrogen) atoms. The molecular formula is C24H23Cl2N3O2. The molecule has 1 aliphatic rings. The first-order valence-electron chi connectivity index (χ1n) is 9.61. The van der Waals surface area contributed by atoms with E-state index < -0.39 is 5.91 Å². The van der Waals surface area contributed by atoms with E-state index >= 15 is 0 Å². The van der Waals surface area contributed by atoms with Gasteiger partial charge in [0.15, 0.2) is 0 Å². The summed E-state index contributed by atoms with van der Waals surface area (Å²) < 4.78 is 5.57. The Labute approximate surface area is 192 Å². The molecule has 0 fully saturated rings. The number of carbonyl (C=O) groups excluding carboxylic acids is 1. The zero-order valence-electron chi connectivity index (χ0n) is 18.0. The molecule has 1 aliphatic heterocycles. The van der Waals surface area contributed by atoms with Crippen LogP contribution in [0.15, 0.2) is 42.0 Å². The third-order valence-electron chi connectivity index (χ3n) is 5.41. The summed E-state index contributed by atoms with van der Waals surface area (Å²) in [5.41, 5.74) is 3.95. The van der Waals surface area contributed by atoms with Gasteiger partial charge in [-0.25, -0.2) is 0 Å². The normalized spacial score (nSPS) is 15.0. The summed E-state index contributed by atoms with van der Waals surface area (Å²) in [4.78, 5) is 14.9. The number of nitrogens with zero attached hydrogens (tertiary/aromatic N) is 2. The van der Waals surface area contributed by atoms with Crippen molar-refractivity contribution < 1.29 is 9.53 Å². The Morgan fingerprint density at radius 2 is 1.97 bits per heavy atom. The van der Waals surface area contributed by atoms with Gasteiger partial charge in [-0.3, -0.25) is 4.79 Å². The fraction of sp³-hybridized carbons (Fsp3) is 0.250. The van der Waals surface area contributed by atoms with Crippen LogP contribution >= 0.6 is 23.2 Å². The summed E-state index contributed by atoms with van der Waals surface area (Å²) in [6, 6.07) is 10.6. The van der Waals surface area contributed by atoms with Gasteiger partial charge in [-0.2, -0.15) is 5.26 Å². The number of nitriles is 1. The van der Waals surface area contributed by atoms with Gasteiger partial charge in [0.2, 0.25) is 0 Å². The number of allylic oxidation sites excluding steroid dienone is 1. The van der Waals surface area contributed by atoms with E-state index in [0.29, 0.717) is 22.0 Å². The summed E-state index contributed by atoms with van der Waals surface area (Å²) in [6.07, 6.45) is 3.71. The number of ether oxygens (including phenoxy) is 1. The molecule has 0 unspecified atom stereocenters. The average Bonchev–Trinajstić information content (AvgIpc) is 2.71. The van der Waals surface area contributed by atoms with E-state index in [0.717, 1.165) is 16.8 Å². The zero-order valence-corrected chi connectivity index (χ0v) is 19.5. The van der Waals surface area contributed by atoms with Gasteiger partial charge >= 0.3 is 0 Å². The number of likely N-dealkylation sites (N-methyl/N-ethyl adjacent to an activating group) is 1. The number of anilines is 2. The Morgan fingerprint density at radius 3 is 2.58 bits per heavy atom. The Bertz CT molecular complexity index is 1160. The van der Waals surface area contributed by atoms with Gasteiger partial charge < -0.3 is 15.0 Å². The first-order chi connectivity index (χ1) is 14.6. The van der Waals surface area contributed by atoms with Crippen molar-refractivity contribution >= 4 is 52.1 Å². The highest BCUT2D eigenvalue weighted by Crippen LogP contribution is 2.41. The third kappa shape index (κ3) is 4.56. The van der Waals surface area contributed by atoms with Crippen molar-refractivity contribution in [1.29, 1.82) is 5.26 Å². The molecule has 1 heterocycles. The molecule has 1 N–H and O–H groups in total. The second-order valence-electron chi connectivity index (χ2n) is 7.90. The predicted molar refractivity (Wildman–Crippen MR) is 128 cm³/mol. The molecule has 0 atom stereocenters. The lowest BCUT2D eigenvalue weighted by atomic mass is 9.88. The number of amides is 1. The van der Waals surface area contributed by atoms with Crippen molar-refractivity contribution in [3.05, 3.63) is 63.2 Å². The molecule has 0 spiro atoms. The van der Waals surface area contributed by atoms with Crippen LogP contribution in [0.1, 0.15) is 31.9 Å². The lowest BCUT2D eigenvalue weighted by Gasteiger charge is -2.41. The molecule has 0 radical (unpaired) electrons. The van der Waals surface area contributed by atoms with E-state index in [1.165, 1.54) is 12.1 Å². The van der Waals surface area contributed by atoms with Crippen LogP contribution in [0.4, 0.5) is 11.4 Å². The second kappa shape index (κ2) is 8.66. The number of hydrogen-bond acceptors (Lipinski definition) is 4. The molecule has 0 aliphatic carbocycles. The maximum Gasteiger partial charge on any atom is 0.266 e. The number of fused-ring (bicyclic) bond motifs is 1. The van der Waals surface area contributed by atoms with Crippen molar-refractivity contribution in [3.8, 4) is 11.8 Å². The molecule has 0 saturated carbocycles. The zero-order chi connectivity index (χ0) is 22.9. The minimum absolute atomic E-state index is 0.0737. The SMILES string of the molecule is COc1cc2c(cc1/C=C(\C#N)C(=O)Nc1ccc(Cl)cc1Cl)C(C)=CC(C)(C)N2C. The molecule has 3 rings (SSSR count). The fourth-order valence-electron chi connectivity index (χ4n) is 3.57. The molecule has 0 aromatic heterocycles. The third-order valence-corrected chi connectivity index (χ3v) is 5.96. The molecule has 0 bridgehead atoms. The second-order valence-corrected chi connectivity index (χ2v) is 8.74. The predicted octanol–water partition coefficient (Wildman–Crippen LogP) is 6.18. The Morgan fingerprint density at radius 1 is 1.26 bits per heavy atom. The topological polar surface area (TPSA) is 65.4 Å². The van der Waals surface area contributed by atoms with Crippen LogP contribution < -0.4 is 15.0 Å². The quantitative estimate of drug-likeness (QED) is 0.441. The van der Waals surface area contributed by atoms with Gasteiger partial charge in [0, 0.05) is 35.0 Å². The van der Waals surface area contributed by atoms with Gasteiger partial charge in [0.1, 0.15) is 17.4 Å². The number of benzene rings is 2. The maximum atomic E-state index is 12.7. The van der Waals surface area contributed by atoms with Crippen LogP contribution in [0.2, 0.25) is 10.0 Å². The number of hydrogen-bond donors (Lipinski definition) is 1. The van der Waals surface area contributed by atoms with E-state index in [1.807, 2.05) is 32.2 Å². The van der Waals surface area contributed by atoms with E-state index in [4.69, 9.17) is 27.9 Å². The number of methoxy groups -OCH3 is 1. The Kier molecular flexibility index (Phi) is 6.35. The number of nitrogens with one attached hydrogen (secondary N) is 1. The first kappa shape index (κ1) is 22.7. The highest BCUT2D eigenvalue weighted by atomic mass is 35.5. The highest BCUT2D eigenvalue weighted by Gasteiger charge is 2.29. The van der Waals surface area contributed by atoms with Crippen LogP contribution in [0.3, 0.4) is 0 Å². The minimum atomic E-state index is -0.572. The van der Waals surface area contributed by atoms with E-state index in [-0.39, 0.29) is 16.1 Å². The molecule has 1 amide bonds. The van der Waals surface area contributed by atoms with Crippen LogP contribution in [-0.2, 0) is 4.79 Å². The van der Waals surface area contributed by atoms with Crippen LogP contribution in [-0.4, -0.2) is 25.6 Å². The van der Waals surface area contributed by atoms with Crippen LogP contribution in [0, 0.1) is 11.3 Å². The van der Waals surface area contributed by atoms with Crippen molar-refractivity contribution in [3.63, 3.8) is 0 Å². The summed E-state index contributed by atoms with van der Waals surface area (Å²) in [7, 11) is 3.59. The van der Waals surface area contributed by atoms with Crippen molar-refractivity contribution in [1.82, 2.24) is 0 Å². The monoisotopic (exact) mass is 455 g/mol.